The minimum atomic E-state index is -5.17. The van der Waals surface area contributed by atoms with Gasteiger partial charge in [0.2, 0.25) is 0 Å². The van der Waals surface area contributed by atoms with Crippen molar-refractivity contribution in [2.45, 2.75) is 26.3 Å². The molecule has 0 aliphatic heterocycles. The smallest absolute Gasteiger partial charge is 0.316 e. The summed E-state index contributed by atoms with van der Waals surface area (Å²) in [7, 11) is -5.17. The number of aryl methyl sites for hydroxylation is 1. The topological polar surface area (TPSA) is 153 Å². The van der Waals surface area contributed by atoms with Crippen LogP contribution in [0.25, 0.3) is 16.7 Å². The van der Waals surface area contributed by atoms with Crippen LogP contribution in [0.3, 0.4) is 0 Å². The number of imidazole rings is 1. The van der Waals surface area contributed by atoms with Crippen molar-refractivity contribution < 1.29 is 17.5 Å². The quantitative estimate of drug-likeness (QED) is 0.379. The average Bonchev–Trinajstić information content (AvgIpc) is 3.08. The first-order chi connectivity index (χ1) is 12.6. The summed E-state index contributed by atoms with van der Waals surface area (Å²) in [6.45, 7) is 2.54. The first-order valence-corrected chi connectivity index (χ1v) is 9.44. The summed E-state index contributed by atoms with van der Waals surface area (Å²) in [6, 6.07) is 3.46. The Labute approximate surface area is 158 Å². The zero-order valence-electron chi connectivity index (χ0n) is 14.1. The Hall–Kier alpha value is -2.47. The van der Waals surface area contributed by atoms with Crippen molar-refractivity contribution in [1.82, 2.24) is 19.1 Å². The first kappa shape index (κ1) is 20.8. The molecule has 146 valence electrons. The molecule has 2 heterocycles. The van der Waals surface area contributed by atoms with Gasteiger partial charge in [0.25, 0.3) is 0 Å². The van der Waals surface area contributed by atoms with Crippen molar-refractivity contribution >= 4 is 33.0 Å². The van der Waals surface area contributed by atoms with E-state index in [9.17, 15) is 9.59 Å². The third-order valence-electron chi connectivity index (χ3n) is 3.56. The second kappa shape index (κ2) is 8.48. The highest BCUT2D eigenvalue weighted by molar-refractivity contribution is 7.79. The molecule has 12 heteroatoms. The zero-order valence-corrected chi connectivity index (χ0v) is 15.7. The van der Waals surface area contributed by atoms with E-state index in [1.165, 1.54) is 4.57 Å². The van der Waals surface area contributed by atoms with Gasteiger partial charge in [-0.25, -0.2) is 4.98 Å². The summed E-state index contributed by atoms with van der Waals surface area (Å²) in [6.07, 6.45) is 6.81. The van der Waals surface area contributed by atoms with E-state index in [0.29, 0.717) is 28.3 Å². The van der Waals surface area contributed by atoms with E-state index in [2.05, 4.69) is 9.97 Å². The third kappa shape index (κ3) is 5.50. The van der Waals surface area contributed by atoms with Crippen LogP contribution in [0.4, 0.5) is 0 Å². The summed E-state index contributed by atoms with van der Waals surface area (Å²) in [5.41, 5.74) is 0.749. The van der Waals surface area contributed by atoms with Crippen molar-refractivity contribution in [3.8, 4) is 5.69 Å². The number of hydrogen-bond acceptors (Lipinski definition) is 7. The van der Waals surface area contributed by atoms with Crippen LogP contribution in [0.15, 0.2) is 40.4 Å². The van der Waals surface area contributed by atoms with Gasteiger partial charge >= 0.3 is 11.1 Å². The molecular weight excluding hydrogens is 400 g/mol. The molecule has 3 aromatic rings. The van der Waals surface area contributed by atoms with Crippen molar-refractivity contribution in [2.24, 2.45) is 0 Å². The van der Waals surface area contributed by atoms with E-state index in [0.717, 1.165) is 12.8 Å². The maximum atomic E-state index is 12.1. The molecule has 0 saturated heterocycles. The fourth-order valence-electron chi connectivity index (χ4n) is 2.42. The lowest BCUT2D eigenvalue weighted by Gasteiger charge is -2.12. The Morgan fingerprint density at radius 3 is 2.48 bits per heavy atom. The molecule has 0 aliphatic carbocycles. The summed E-state index contributed by atoms with van der Waals surface area (Å²) in [5.74, 6) is 0. The maximum absolute atomic E-state index is 12.1. The molecule has 0 saturated carbocycles. The first-order valence-electron chi connectivity index (χ1n) is 7.73. The average molecular weight is 415 g/mol. The number of aromatic nitrogens is 4. The van der Waals surface area contributed by atoms with Gasteiger partial charge in [-0.1, -0.05) is 24.9 Å². The summed E-state index contributed by atoms with van der Waals surface area (Å²) in [4.78, 5) is 30.5. The molecule has 0 atom stereocenters. The number of aromatic amines is 1. The zero-order chi connectivity index (χ0) is 20.2. The van der Waals surface area contributed by atoms with E-state index in [1.54, 1.807) is 35.4 Å². The second-order valence-electron chi connectivity index (χ2n) is 5.46. The van der Waals surface area contributed by atoms with Crippen LogP contribution in [0.5, 0.6) is 0 Å². The Kier molecular flexibility index (Phi) is 6.54. The molecule has 0 fully saturated rings. The number of fused-ring (bicyclic) bond motifs is 1. The van der Waals surface area contributed by atoms with E-state index in [4.69, 9.17) is 29.1 Å². The molecular formula is C15H15ClN4O6S-2. The lowest BCUT2D eigenvalue weighted by atomic mass is 10.2. The van der Waals surface area contributed by atoms with Gasteiger partial charge in [-0.05, 0) is 18.6 Å². The van der Waals surface area contributed by atoms with Gasteiger partial charge in [-0.2, -0.15) is 0 Å². The maximum Gasteiger partial charge on any atom is 0.316 e. The minimum absolute atomic E-state index is 0.474. The molecule has 27 heavy (non-hydrogen) atoms. The molecule has 0 amide bonds. The molecule has 10 nitrogen and oxygen atoms in total. The highest BCUT2D eigenvalue weighted by atomic mass is 35.5. The van der Waals surface area contributed by atoms with Gasteiger partial charge in [0, 0.05) is 29.3 Å². The predicted octanol–water partition coefficient (Wildman–Crippen LogP) is 0.991. The number of unbranched alkanes of at least 4 members (excludes halogenated alkanes) is 1. The van der Waals surface area contributed by atoms with E-state index >= 15 is 0 Å². The van der Waals surface area contributed by atoms with Gasteiger partial charge in [0.1, 0.15) is 0 Å². The van der Waals surface area contributed by atoms with Gasteiger partial charge in [0.15, 0.2) is 0 Å². The molecule has 0 unspecified atom stereocenters. The van der Waals surface area contributed by atoms with Gasteiger partial charge in [-0.3, -0.25) is 18.0 Å². The Bertz CT molecular complexity index is 1140. The lowest BCUT2D eigenvalue weighted by Crippen LogP contribution is -2.36. The molecule has 3 rings (SSSR count). The molecule has 0 radical (unpaired) electrons. The fourth-order valence-corrected chi connectivity index (χ4v) is 2.68. The summed E-state index contributed by atoms with van der Waals surface area (Å²) >= 11 is 6.29. The summed E-state index contributed by atoms with van der Waals surface area (Å²) < 4.78 is 37.4. The van der Waals surface area contributed by atoms with Crippen molar-refractivity contribution in [3.63, 3.8) is 0 Å². The van der Waals surface area contributed by atoms with Crippen LogP contribution in [-0.2, 0) is 16.9 Å². The Balaban J connectivity index is 0.000000465. The number of H-pyrrole nitrogens is 1. The predicted molar refractivity (Wildman–Crippen MR) is 96.3 cm³/mol. The van der Waals surface area contributed by atoms with E-state index in [-0.39, 0.29) is 0 Å². The molecule has 2 aromatic heterocycles. The van der Waals surface area contributed by atoms with Crippen molar-refractivity contribution in [1.29, 1.82) is 0 Å². The largest absolute Gasteiger partial charge is 0.759 e. The monoisotopic (exact) mass is 414 g/mol. The number of nitrogens with zero attached hydrogens (tertiary/aromatic N) is 3. The van der Waals surface area contributed by atoms with Crippen LogP contribution in [0, 0.1) is 0 Å². The SMILES string of the molecule is CCCCn1c(=O)c(=O)[nH]c2cc(Cl)c(-n3ccnc3)cc21.O=S(=O)([O-])[O-]. The lowest BCUT2D eigenvalue weighted by molar-refractivity contribution is 0.352. The normalized spacial score (nSPS) is 11.3. The molecule has 0 spiro atoms. The summed E-state index contributed by atoms with van der Waals surface area (Å²) in [5, 5.41) is 0.474. The van der Waals surface area contributed by atoms with Gasteiger partial charge in [-0.15, -0.1) is 0 Å². The number of halogens is 1. The van der Waals surface area contributed by atoms with E-state index in [1.807, 2.05) is 6.92 Å². The number of nitrogens with one attached hydrogen (secondary N) is 1. The Morgan fingerprint density at radius 1 is 1.26 bits per heavy atom. The Morgan fingerprint density at radius 2 is 1.93 bits per heavy atom. The highest BCUT2D eigenvalue weighted by Crippen LogP contribution is 2.25. The van der Waals surface area contributed by atoms with Gasteiger partial charge < -0.3 is 23.2 Å². The van der Waals surface area contributed by atoms with Crippen molar-refractivity contribution in [3.05, 3.63) is 56.6 Å². The van der Waals surface area contributed by atoms with Gasteiger partial charge in [0.05, 0.1) is 28.1 Å². The van der Waals surface area contributed by atoms with Crippen LogP contribution in [0.2, 0.25) is 5.02 Å². The van der Waals surface area contributed by atoms with Crippen LogP contribution in [-0.4, -0.2) is 36.6 Å². The number of benzene rings is 1. The molecule has 0 aliphatic rings. The second-order valence-corrected chi connectivity index (χ2v) is 6.69. The third-order valence-corrected chi connectivity index (χ3v) is 3.86. The molecule has 0 bridgehead atoms. The fraction of sp³-hybridized carbons (Fsp3) is 0.267. The van der Waals surface area contributed by atoms with Crippen LogP contribution < -0.4 is 11.1 Å². The number of rotatable bonds is 4. The minimum Gasteiger partial charge on any atom is -0.759 e. The standard InChI is InChI=1S/C15H15ClN4O2.H2O4S/c1-2-3-5-20-13-8-12(19-6-4-17-9-19)10(16)7-11(13)18-14(21)15(20)22;1-5(2,3)4/h4,6-9H,2-3,5H2,1H3,(H,18,21);(H2,1,2,3,4)/p-2. The van der Waals surface area contributed by atoms with Crippen molar-refractivity contribution in [2.75, 3.05) is 0 Å². The van der Waals surface area contributed by atoms with Crippen LogP contribution >= 0.6 is 11.6 Å². The number of hydrogen-bond donors (Lipinski definition) is 1. The highest BCUT2D eigenvalue weighted by Gasteiger charge is 2.11. The molecule has 1 aromatic carbocycles. The molecule has 1 N–H and O–H groups in total. The van der Waals surface area contributed by atoms with Crippen LogP contribution in [0.1, 0.15) is 19.8 Å². The van der Waals surface area contributed by atoms with E-state index < -0.39 is 21.5 Å².